The van der Waals surface area contributed by atoms with Crippen LogP contribution in [0, 0.1) is 0 Å². The molecule has 1 atom stereocenters. The van der Waals surface area contributed by atoms with Crippen LogP contribution in [0.2, 0.25) is 0 Å². The Bertz CT molecular complexity index is 711. The standard InChI is InChI=1S/C14H18N4O3/c1-18-13-10(8-16-18)12(19)11(7-15-13)14(20)17-9-3-2-5-21-6-4-9/h7-9H,2-6H2,1H3,(H,15,19)(H,17,20). The molecule has 3 rings (SSSR count). The molecule has 1 fully saturated rings. The molecule has 7 heteroatoms. The lowest BCUT2D eigenvalue weighted by Crippen LogP contribution is -2.37. The third-order valence-corrected chi connectivity index (χ3v) is 3.81. The van der Waals surface area contributed by atoms with Crippen LogP contribution in [0.1, 0.15) is 29.6 Å². The summed E-state index contributed by atoms with van der Waals surface area (Å²) < 4.78 is 6.94. The van der Waals surface area contributed by atoms with Crippen LogP contribution in [0.3, 0.4) is 0 Å². The topological polar surface area (TPSA) is 89.0 Å². The summed E-state index contributed by atoms with van der Waals surface area (Å²) in [6.45, 7) is 1.37. The quantitative estimate of drug-likeness (QED) is 0.846. The zero-order valence-electron chi connectivity index (χ0n) is 11.9. The molecule has 7 nitrogen and oxygen atoms in total. The largest absolute Gasteiger partial charge is 0.381 e. The van der Waals surface area contributed by atoms with Crippen molar-refractivity contribution in [3.05, 3.63) is 28.2 Å². The van der Waals surface area contributed by atoms with Gasteiger partial charge < -0.3 is 15.0 Å². The second-order valence-corrected chi connectivity index (χ2v) is 5.28. The molecule has 21 heavy (non-hydrogen) atoms. The first-order valence-electron chi connectivity index (χ1n) is 7.09. The highest BCUT2D eigenvalue weighted by Crippen LogP contribution is 2.10. The van der Waals surface area contributed by atoms with E-state index in [-0.39, 0.29) is 22.9 Å². The number of fused-ring (bicyclic) bond motifs is 1. The molecule has 1 saturated heterocycles. The SMILES string of the molecule is Cn1ncc2c(=O)c(C(=O)NC3CCCOCC3)c[nH]c21. The highest BCUT2D eigenvalue weighted by molar-refractivity contribution is 5.96. The molecule has 1 amide bonds. The van der Waals surface area contributed by atoms with Gasteiger partial charge in [0.15, 0.2) is 0 Å². The third-order valence-electron chi connectivity index (χ3n) is 3.81. The first-order chi connectivity index (χ1) is 10.2. The van der Waals surface area contributed by atoms with Crippen molar-refractivity contribution >= 4 is 16.9 Å². The fraction of sp³-hybridized carbons (Fsp3) is 0.500. The second-order valence-electron chi connectivity index (χ2n) is 5.28. The van der Waals surface area contributed by atoms with Crippen LogP contribution >= 0.6 is 0 Å². The number of ether oxygens (including phenoxy) is 1. The summed E-state index contributed by atoms with van der Waals surface area (Å²) >= 11 is 0. The summed E-state index contributed by atoms with van der Waals surface area (Å²) in [6, 6.07) is 0.0593. The van der Waals surface area contributed by atoms with E-state index in [9.17, 15) is 9.59 Å². The summed E-state index contributed by atoms with van der Waals surface area (Å²) in [4.78, 5) is 27.6. The Morgan fingerprint density at radius 2 is 2.33 bits per heavy atom. The summed E-state index contributed by atoms with van der Waals surface area (Å²) in [5.74, 6) is -0.339. The number of carbonyl (C=O) groups is 1. The lowest BCUT2D eigenvalue weighted by atomic mass is 10.1. The molecule has 1 aliphatic heterocycles. The number of aryl methyl sites for hydroxylation is 1. The highest BCUT2D eigenvalue weighted by Gasteiger charge is 2.19. The maximum atomic E-state index is 12.3. The molecule has 2 aromatic heterocycles. The van der Waals surface area contributed by atoms with Gasteiger partial charge >= 0.3 is 0 Å². The number of hydrogen-bond acceptors (Lipinski definition) is 4. The average molecular weight is 290 g/mol. The van der Waals surface area contributed by atoms with Crippen molar-refractivity contribution in [3.63, 3.8) is 0 Å². The minimum atomic E-state index is -0.339. The molecule has 3 heterocycles. The number of pyridine rings is 1. The molecule has 0 bridgehead atoms. The van der Waals surface area contributed by atoms with Gasteiger partial charge in [-0.05, 0) is 19.3 Å². The number of aromatic nitrogens is 3. The van der Waals surface area contributed by atoms with Crippen LogP contribution in [0.5, 0.6) is 0 Å². The smallest absolute Gasteiger partial charge is 0.256 e. The number of nitrogens with zero attached hydrogens (tertiary/aromatic N) is 2. The van der Waals surface area contributed by atoms with Gasteiger partial charge in [0.2, 0.25) is 5.43 Å². The Balaban J connectivity index is 1.84. The highest BCUT2D eigenvalue weighted by atomic mass is 16.5. The van der Waals surface area contributed by atoms with Crippen molar-refractivity contribution in [2.75, 3.05) is 13.2 Å². The van der Waals surface area contributed by atoms with E-state index in [0.29, 0.717) is 17.6 Å². The Morgan fingerprint density at radius 3 is 3.19 bits per heavy atom. The Hall–Kier alpha value is -2.15. The van der Waals surface area contributed by atoms with Gasteiger partial charge in [-0.3, -0.25) is 14.3 Å². The molecule has 2 N–H and O–H groups in total. The Morgan fingerprint density at radius 1 is 1.48 bits per heavy atom. The summed E-state index contributed by atoms with van der Waals surface area (Å²) in [5, 5.41) is 7.37. The van der Waals surface area contributed by atoms with Crippen LogP contribution in [0.15, 0.2) is 17.2 Å². The number of H-pyrrole nitrogens is 1. The number of rotatable bonds is 2. The maximum absolute atomic E-state index is 12.3. The van der Waals surface area contributed by atoms with Crippen LogP contribution in [-0.4, -0.2) is 39.9 Å². The lowest BCUT2D eigenvalue weighted by Gasteiger charge is -2.15. The van der Waals surface area contributed by atoms with E-state index in [2.05, 4.69) is 15.4 Å². The zero-order valence-corrected chi connectivity index (χ0v) is 11.9. The monoisotopic (exact) mass is 290 g/mol. The molecule has 112 valence electrons. The zero-order chi connectivity index (χ0) is 14.8. The molecular formula is C14H18N4O3. The van der Waals surface area contributed by atoms with Crippen molar-refractivity contribution in [1.82, 2.24) is 20.1 Å². The molecular weight excluding hydrogens is 272 g/mol. The van der Waals surface area contributed by atoms with Crippen molar-refractivity contribution in [2.24, 2.45) is 7.05 Å². The number of carbonyl (C=O) groups excluding carboxylic acids is 1. The summed E-state index contributed by atoms with van der Waals surface area (Å²) in [5.41, 5.74) is 0.444. The molecule has 0 radical (unpaired) electrons. The van der Waals surface area contributed by atoms with Gasteiger partial charge in [-0.25, -0.2) is 0 Å². The fourth-order valence-corrected chi connectivity index (χ4v) is 2.61. The van der Waals surface area contributed by atoms with Gasteiger partial charge in [0.1, 0.15) is 11.2 Å². The van der Waals surface area contributed by atoms with Gasteiger partial charge in [-0.1, -0.05) is 0 Å². The number of amides is 1. The van der Waals surface area contributed by atoms with Crippen LogP contribution < -0.4 is 10.7 Å². The Kier molecular flexibility index (Phi) is 3.74. The van der Waals surface area contributed by atoms with E-state index in [1.165, 1.54) is 12.4 Å². The molecule has 0 spiro atoms. The predicted molar refractivity (Wildman–Crippen MR) is 77.3 cm³/mol. The van der Waals surface area contributed by atoms with Crippen LogP contribution in [0.25, 0.3) is 11.0 Å². The molecule has 0 aromatic carbocycles. The maximum Gasteiger partial charge on any atom is 0.256 e. The molecule has 0 saturated carbocycles. The third kappa shape index (κ3) is 2.69. The van der Waals surface area contributed by atoms with E-state index in [4.69, 9.17) is 4.74 Å². The van der Waals surface area contributed by atoms with Crippen molar-refractivity contribution in [3.8, 4) is 0 Å². The lowest BCUT2D eigenvalue weighted by molar-refractivity contribution is 0.0928. The number of nitrogens with one attached hydrogen (secondary N) is 2. The van der Waals surface area contributed by atoms with Crippen LogP contribution in [-0.2, 0) is 11.8 Å². The normalized spacial score (nSPS) is 19.4. The average Bonchev–Trinajstić information content (AvgIpc) is 2.69. The second kappa shape index (κ2) is 5.69. The van der Waals surface area contributed by atoms with Gasteiger partial charge in [-0.15, -0.1) is 0 Å². The summed E-state index contributed by atoms with van der Waals surface area (Å²) in [6.07, 6.45) is 5.50. The Labute approximate surface area is 121 Å². The first-order valence-corrected chi connectivity index (χ1v) is 7.09. The van der Waals surface area contributed by atoms with Gasteiger partial charge in [0, 0.05) is 32.5 Å². The van der Waals surface area contributed by atoms with Gasteiger partial charge in [-0.2, -0.15) is 5.10 Å². The molecule has 1 unspecified atom stereocenters. The van der Waals surface area contributed by atoms with Crippen molar-refractivity contribution in [2.45, 2.75) is 25.3 Å². The van der Waals surface area contributed by atoms with Crippen molar-refractivity contribution in [1.29, 1.82) is 0 Å². The van der Waals surface area contributed by atoms with E-state index in [0.717, 1.165) is 25.9 Å². The van der Waals surface area contributed by atoms with E-state index in [1.54, 1.807) is 11.7 Å². The minimum Gasteiger partial charge on any atom is -0.381 e. The van der Waals surface area contributed by atoms with E-state index < -0.39 is 0 Å². The molecule has 1 aliphatic rings. The van der Waals surface area contributed by atoms with Crippen molar-refractivity contribution < 1.29 is 9.53 Å². The first kappa shape index (κ1) is 13.8. The number of aromatic amines is 1. The number of hydrogen-bond donors (Lipinski definition) is 2. The molecule has 2 aromatic rings. The summed E-state index contributed by atoms with van der Waals surface area (Å²) in [7, 11) is 1.74. The van der Waals surface area contributed by atoms with E-state index >= 15 is 0 Å². The minimum absolute atomic E-state index is 0.0593. The fourth-order valence-electron chi connectivity index (χ4n) is 2.61. The predicted octanol–water partition coefficient (Wildman–Crippen LogP) is 0.560. The van der Waals surface area contributed by atoms with Gasteiger partial charge in [0.05, 0.1) is 11.6 Å². The molecule has 0 aliphatic carbocycles. The van der Waals surface area contributed by atoms with E-state index in [1.807, 2.05) is 0 Å². The van der Waals surface area contributed by atoms with Crippen LogP contribution in [0.4, 0.5) is 0 Å². The van der Waals surface area contributed by atoms with Gasteiger partial charge in [0.25, 0.3) is 5.91 Å².